The molecule has 0 bridgehead atoms. The zero-order chi connectivity index (χ0) is 10.7. The van der Waals surface area contributed by atoms with E-state index in [2.05, 4.69) is 20.3 Å². The highest BCUT2D eigenvalue weighted by atomic mass is 16.6. The first-order valence-corrected chi connectivity index (χ1v) is 4.20. The summed E-state index contributed by atoms with van der Waals surface area (Å²) in [6.07, 6.45) is 1.56. The minimum absolute atomic E-state index is 0.0464. The van der Waals surface area contributed by atoms with Gasteiger partial charge >= 0.3 is 0 Å². The van der Waals surface area contributed by atoms with Gasteiger partial charge in [0.15, 0.2) is 17.3 Å². The molecule has 0 aromatic carbocycles. The van der Waals surface area contributed by atoms with Crippen molar-refractivity contribution in [3.8, 4) is 0 Å². The zero-order valence-electron chi connectivity index (χ0n) is 7.73. The second-order valence-electron chi connectivity index (χ2n) is 2.81. The van der Waals surface area contributed by atoms with Gasteiger partial charge in [-0.3, -0.25) is 5.41 Å². The second kappa shape index (κ2) is 3.82. The molecule has 7 nitrogen and oxygen atoms in total. The number of hydrogen-bond donors (Lipinski definition) is 3. The van der Waals surface area contributed by atoms with Crippen molar-refractivity contribution < 1.29 is 9.05 Å². The molecule has 0 atom stereocenters. The topological polar surface area (TPSA) is 114 Å². The van der Waals surface area contributed by atoms with Crippen LogP contribution in [0.15, 0.2) is 27.4 Å². The van der Waals surface area contributed by atoms with E-state index in [1.165, 1.54) is 0 Å². The number of nitrogens with zero attached hydrogens (tertiary/aromatic N) is 2. The highest BCUT2D eigenvalue weighted by Crippen LogP contribution is 2.04. The molecule has 15 heavy (non-hydrogen) atoms. The number of rotatable bonds is 3. The van der Waals surface area contributed by atoms with Crippen molar-refractivity contribution in [2.45, 2.75) is 6.54 Å². The number of nitrogens with two attached hydrogens (primary N) is 1. The van der Waals surface area contributed by atoms with Crippen LogP contribution in [-0.4, -0.2) is 16.1 Å². The third-order valence-corrected chi connectivity index (χ3v) is 1.77. The molecule has 7 heteroatoms. The fourth-order valence-corrected chi connectivity index (χ4v) is 1.04. The smallest absolute Gasteiger partial charge is 0.199 e. The Morgan fingerprint density at radius 1 is 1.53 bits per heavy atom. The highest BCUT2D eigenvalue weighted by Gasteiger charge is 2.11. The minimum atomic E-state index is 0.0464. The van der Waals surface area contributed by atoms with Crippen molar-refractivity contribution >= 4 is 11.7 Å². The molecule has 0 amide bonds. The van der Waals surface area contributed by atoms with E-state index in [0.29, 0.717) is 6.54 Å². The molecule has 2 aromatic rings. The number of aromatic nitrogens is 2. The standard InChI is InChI=1S/C8H9N5O2/c9-7(6-8(10)13-15-12-6)11-4-5-2-1-3-14-5/h1-3H,4H2,(H2,9,11)(H2,10,13). The molecule has 0 unspecified atom stereocenters. The van der Waals surface area contributed by atoms with Crippen molar-refractivity contribution in [3.63, 3.8) is 0 Å². The van der Waals surface area contributed by atoms with Crippen molar-refractivity contribution in [1.82, 2.24) is 15.6 Å². The molecule has 0 spiro atoms. The lowest BCUT2D eigenvalue weighted by molar-refractivity contribution is 0.308. The average Bonchev–Trinajstić information content (AvgIpc) is 2.84. The molecule has 0 radical (unpaired) electrons. The molecular weight excluding hydrogens is 198 g/mol. The van der Waals surface area contributed by atoms with Gasteiger partial charge in [0.2, 0.25) is 0 Å². The van der Waals surface area contributed by atoms with Gasteiger partial charge in [-0.1, -0.05) is 0 Å². The molecule has 0 aliphatic rings. The van der Waals surface area contributed by atoms with E-state index in [1.54, 1.807) is 18.4 Å². The maximum Gasteiger partial charge on any atom is 0.199 e. The fourth-order valence-electron chi connectivity index (χ4n) is 1.04. The first-order chi connectivity index (χ1) is 7.27. The highest BCUT2D eigenvalue weighted by molar-refractivity contribution is 5.97. The molecule has 4 N–H and O–H groups in total. The lowest BCUT2D eigenvalue weighted by Gasteiger charge is -2.02. The SMILES string of the molecule is N=C(NCc1ccco1)c1nonc1N. The van der Waals surface area contributed by atoms with Gasteiger partial charge in [0.05, 0.1) is 12.8 Å². The maximum atomic E-state index is 7.59. The van der Waals surface area contributed by atoms with Crippen LogP contribution in [0.1, 0.15) is 11.5 Å². The molecule has 0 fully saturated rings. The molecule has 0 saturated heterocycles. The summed E-state index contributed by atoms with van der Waals surface area (Å²) in [5.74, 6) is 0.854. The van der Waals surface area contributed by atoms with Gasteiger partial charge in [-0.25, -0.2) is 4.63 Å². The van der Waals surface area contributed by atoms with E-state index in [1.807, 2.05) is 0 Å². The molecule has 0 aliphatic heterocycles. The Morgan fingerprint density at radius 2 is 2.40 bits per heavy atom. The van der Waals surface area contributed by atoms with Crippen LogP contribution in [0.5, 0.6) is 0 Å². The lowest BCUT2D eigenvalue weighted by Crippen LogP contribution is -2.23. The van der Waals surface area contributed by atoms with Gasteiger partial charge < -0.3 is 15.5 Å². The van der Waals surface area contributed by atoms with Gasteiger partial charge in [0.1, 0.15) is 5.76 Å². The summed E-state index contributed by atoms with van der Waals surface area (Å²) in [7, 11) is 0. The van der Waals surface area contributed by atoms with Crippen LogP contribution in [0.25, 0.3) is 0 Å². The number of nitrogens with one attached hydrogen (secondary N) is 2. The molecule has 0 aliphatic carbocycles. The number of anilines is 1. The minimum Gasteiger partial charge on any atom is -0.467 e. The van der Waals surface area contributed by atoms with E-state index in [0.717, 1.165) is 5.76 Å². The summed E-state index contributed by atoms with van der Waals surface area (Å²) in [6, 6.07) is 3.57. The van der Waals surface area contributed by atoms with Crippen LogP contribution in [0.2, 0.25) is 0 Å². The van der Waals surface area contributed by atoms with E-state index >= 15 is 0 Å². The van der Waals surface area contributed by atoms with Crippen LogP contribution >= 0.6 is 0 Å². The molecule has 2 heterocycles. The molecule has 0 saturated carbocycles. The second-order valence-corrected chi connectivity index (χ2v) is 2.81. The number of hydrogen-bond acceptors (Lipinski definition) is 6. The summed E-state index contributed by atoms with van der Waals surface area (Å²) in [5, 5.41) is 17.2. The first kappa shape index (κ1) is 9.25. The van der Waals surface area contributed by atoms with Gasteiger partial charge in [0, 0.05) is 0 Å². The van der Waals surface area contributed by atoms with Gasteiger partial charge in [-0.2, -0.15) is 0 Å². The van der Waals surface area contributed by atoms with E-state index in [4.69, 9.17) is 15.6 Å². The average molecular weight is 207 g/mol. The summed E-state index contributed by atoms with van der Waals surface area (Å²) in [5.41, 5.74) is 5.61. The molecular formula is C8H9N5O2. The summed E-state index contributed by atoms with van der Waals surface area (Å²) in [4.78, 5) is 0. The third-order valence-electron chi connectivity index (χ3n) is 1.77. The summed E-state index contributed by atoms with van der Waals surface area (Å²) < 4.78 is 9.46. The Balaban J connectivity index is 1.96. The molecule has 2 rings (SSSR count). The van der Waals surface area contributed by atoms with Crippen molar-refractivity contribution in [2.75, 3.05) is 5.73 Å². The maximum absolute atomic E-state index is 7.59. The number of nitrogen functional groups attached to an aromatic ring is 1. The van der Waals surface area contributed by atoms with Crippen LogP contribution in [-0.2, 0) is 6.54 Å². The monoisotopic (exact) mass is 207 g/mol. The Labute approximate surface area is 84.7 Å². The fraction of sp³-hybridized carbons (Fsp3) is 0.125. The largest absolute Gasteiger partial charge is 0.467 e. The summed E-state index contributed by atoms with van der Waals surface area (Å²) >= 11 is 0. The Morgan fingerprint density at radius 3 is 3.00 bits per heavy atom. The van der Waals surface area contributed by atoms with Gasteiger partial charge in [-0.15, -0.1) is 0 Å². The van der Waals surface area contributed by atoms with E-state index in [-0.39, 0.29) is 17.3 Å². The number of furan rings is 1. The first-order valence-electron chi connectivity index (χ1n) is 4.20. The zero-order valence-corrected chi connectivity index (χ0v) is 7.73. The molecule has 78 valence electrons. The van der Waals surface area contributed by atoms with Gasteiger partial charge in [-0.05, 0) is 22.4 Å². The van der Waals surface area contributed by atoms with Crippen molar-refractivity contribution in [1.29, 1.82) is 5.41 Å². The van der Waals surface area contributed by atoms with Crippen molar-refractivity contribution in [2.24, 2.45) is 0 Å². The van der Waals surface area contributed by atoms with Gasteiger partial charge in [0.25, 0.3) is 0 Å². The van der Waals surface area contributed by atoms with Crippen LogP contribution in [0, 0.1) is 5.41 Å². The normalized spacial score (nSPS) is 10.1. The van der Waals surface area contributed by atoms with E-state index < -0.39 is 0 Å². The lowest BCUT2D eigenvalue weighted by atomic mass is 10.3. The summed E-state index contributed by atoms with van der Waals surface area (Å²) in [6.45, 7) is 0.387. The van der Waals surface area contributed by atoms with E-state index in [9.17, 15) is 0 Å². The predicted octanol–water partition coefficient (Wildman–Crippen LogP) is 0.360. The predicted molar refractivity (Wildman–Crippen MR) is 51.1 cm³/mol. The third kappa shape index (κ3) is 1.96. The molecule has 2 aromatic heterocycles. The van der Waals surface area contributed by atoms with Crippen molar-refractivity contribution in [3.05, 3.63) is 29.9 Å². The van der Waals surface area contributed by atoms with Crippen LogP contribution in [0.4, 0.5) is 5.82 Å². The Hall–Kier alpha value is -2.31. The Kier molecular flexibility index (Phi) is 2.36. The van der Waals surface area contributed by atoms with Crippen LogP contribution in [0.3, 0.4) is 0 Å². The Bertz CT molecular complexity index is 447. The quantitative estimate of drug-likeness (QED) is 0.494. The van der Waals surface area contributed by atoms with Crippen LogP contribution < -0.4 is 11.1 Å². The number of amidine groups is 1.